The number of aryl methyl sites for hydroxylation is 2. The molecule has 0 spiro atoms. The van der Waals surface area contributed by atoms with Gasteiger partial charge in [-0.25, -0.2) is 9.78 Å². The molecule has 8 heteroatoms. The second kappa shape index (κ2) is 8.36. The van der Waals surface area contributed by atoms with Crippen LogP contribution in [0.4, 0.5) is 17.2 Å². The van der Waals surface area contributed by atoms with E-state index < -0.39 is 5.97 Å². The Labute approximate surface area is 174 Å². The zero-order chi connectivity index (χ0) is 21.1. The summed E-state index contributed by atoms with van der Waals surface area (Å²) in [7, 11) is 3.08. The van der Waals surface area contributed by atoms with Gasteiger partial charge < -0.3 is 20.1 Å². The molecule has 29 heavy (non-hydrogen) atoms. The first-order chi connectivity index (χ1) is 13.8. The molecule has 0 atom stereocenters. The van der Waals surface area contributed by atoms with Crippen LogP contribution in [0.2, 0.25) is 5.02 Å². The van der Waals surface area contributed by atoms with Crippen molar-refractivity contribution in [3.05, 3.63) is 64.4 Å². The number of methoxy groups -OCH3 is 1. The van der Waals surface area contributed by atoms with Gasteiger partial charge in [0.05, 0.1) is 18.4 Å². The Bertz CT molecular complexity index is 1050. The third kappa shape index (κ3) is 4.09. The maximum absolute atomic E-state index is 12.1. The lowest BCUT2D eigenvalue weighted by atomic mass is 10.1. The molecule has 0 aliphatic carbocycles. The molecule has 2 N–H and O–H groups in total. The monoisotopic (exact) mass is 412 g/mol. The number of nitrogen functional groups attached to an aromatic ring is 1. The third-order valence-corrected chi connectivity index (χ3v) is 5.04. The molecule has 2 aromatic carbocycles. The number of carbonyl (C=O) groups is 1. The number of rotatable bonds is 5. The number of carbonyl (C=O) groups excluding carboxylic acids is 1. The van der Waals surface area contributed by atoms with Gasteiger partial charge in [-0.2, -0.15) is 4.98 Å². The summed E-state index contributed by atoms with van der Waals surface area (Å²) in [5, 5.41) is 0.688. The van der Waals surface area contributed by atoms with E-state index in [0.29, 0.717) is 27.8 Å². The van der Waals surface area contributed by atoms with Crippen molar-refractivity contribution in [2.45, 2.75) is 13.8 Å². The van der Waals surface area contributed by atoms with Crippen LogP contribution in [0.25, 0.3) is 0 Å². The first kappa shape index (κ1) is 20.4. The molecular formula is C21H21ClN4O3. The molecule has 0 aliphatic rings. The van der Waals surface area contributed by atoms with E-state index in [-0.39, 0.29) is 11.6 Å². The lowest BCUT2D eigenvalue weighted by molar-refractivity contribution is 0.0601. The summed E-state index contributed by atoms with van der Waals surface area (Å²) in [4.78, 5) is 22.2. The lowest BCUT2D eigenvalue weighted by Crippen LogP contribution is -2.18. The second-order valence-electron chi connectivity index (χ2n) is 6.46. The summed E-state index contributed by atoms with van der Waals surface area (Å²) in [6, 6.07) is 10.6. The molecular weight excluding hydrogens is 392 g/mol. The first-order valence-corrected chi connectivity index (χ1v) is 9.17. The Morgan fingerprint density at radius 1 is 1.14 bits per heavy atom. The number of halogens is 1. The average Bonchev–Trinajstić information content (AvgIpc) is 2.72. The predicted octanol–water partition coefficient (Wildman–Crippen LogP) is 4.68. The Kier molecular flexibility index (Phi) is 5.89. The van der Waals surface area contributed by atoms with E-state index in [1.807, 2.05) is 32.0 Å². The summed E-state index contributed by atoms with van der Waals surface area (Å²) < 4.78 is 10.8. The van der Waals surface area contributed by atoms with Gasteiger partial charge in [-0.3, -0.25) is 0 Å². The number of nitrogens with two attached hydrogens (primary N) is 1. The fourth-order valence-electron chi connectivity index (χ4n) is 2.96. The molecule has 0 amide bonds. The van der Waals surface area contributed by atoms with E-state index in [2.05, 4.69) is 9.97 Å². The van der Waals surface area contributed by atoms with Crippen molar-refractivity contribution < 1.29 is 14.3 Å². The van der Waals surface area contributed by atoms with E-state index in [9.17, 15) is 4.79 Å². The normalized spacial score (nSPS) is 10.5. The number of hydrogen-bond donors (Lipinski definition) is 1. The topological polar surface area (TPSA) is 90.6 Å². The van der Waals surface area contributed by atoms with Crippen LogP contribution in [0.1, 0.15) is 21.5 Å². The molecule has 0 radical (unpaired) electrons. The maximum atomic E-state index is 12.1. The van der Waals surface area contributed by atoms with Gasteiger partial charge in [0.25, 0.3) is 0 Å². The van der Waals surface area contributed by atoms with Crippen molar-refractivity contribution in [3.63, 3.8) is 0 Å². The minimum absolute atomic E-state index is 0.207. The molecule has 3 aromatic rings. The SMILES string of the molecule is COC(=O)c1ccccc1N(C)c1ncnc(Oc2cc(C)c(Cl)c(C)c2)c1N. The number of para-hydroxylation sites is 1. The molecule has 0 fully saturated rings. The Balaban J connectivity index is 1.99. The molecule has 0 unspecified atom stereocenters. The van der Waals surface area contributed by atoms with Crippen LogP contribution in [0.3, 0.4) is 0 Å². The summed E-state index contributed by atoms with van der Waals surface area (Å²) in [6.45, 7) is 3.79. The second-order valence-corrected chi connectivity index (χ2v) is 6.83. The Hall–Kier alpha value is -3.32. The molecule has 3 rings (SSSR count). The van der Waals surface area contributed by atoms with Crippen LogP contribution in [0.15, 0.2) is 42.7 Å². The summed E-state index contributed by atoms with van der Waals surface area (Å²) >= 11 is 6.22. The van der Waals surface area contributed by atoms with Gasteiger partial charge in [0.1, 0.15) is 17.8 Å². The number of aromatic nitrogens is 2. The average molecular weight is 413 g/mol. The number of nitrogens with zero attached hydrogens (tertiary/aromatic N) is 3. The Morgan fingerprint density at radius 2 is 1.79 bits per heavy atom. The standard InChI is InChI=1S/C21H21ClN4O3/c1-12-9-14(10-13(2)17(12)22)29-20-18(23)19(24-11-25-20)26(3)16-8-6-5-7-15(16)21(27)28-4/h5-11H,23H2,1-4H3. The number of esters is 1. The fraction of sp³-hybridized carbons (Fsp3) is 0.190. The van der Waals surface area contributed by atoms with E-state index in [1.54, 1.807) is 30.1 Å². The smallest absolute Gasteiger partial charge is 0.339 e. The number of benzene rings is 2. The van der Waals surface area contributed by atoms with Crippen molar-refractivity contribution in [2.75, 3.05) is 24.8 Å². The molecule has 150 valence electrons. The quantitative estimate of drug-likeness (QED) is 0.608. The Morgan fingerprint density at radius 3 is 2.45 bits per heavy atom. The first-order valence-electron chi connectivity index (χ1n) is 8.79. The maximum Gasteiger partial charge on any atom is 0.339 e. The van der Waals surface area contributed by atoms with Crippen molar-refractivity contribution in [2.24, 2.45) is 0 Å². The summed E-state index contributed by atoms with van der Waals surface area (Å²) in [5.74, 6) is 0.717. The van der Waals surface area contributed by atoms with E-state index >= 15 is 0 Å². The van der Waals surface area contributed by atoms with Crippen LogP contribution in [0.5, 0.6) is 11.6 Å². The summed E-state index contributed by atoms with van der Waals surface area (Å²) in [6.07, 6.45) is 1.36. The largest absolute Gasteiger partial charge is 0.465 e. The van der Waals surface area contributed by atoms with Gasteiger partial charge in [0, 0.05) is 12.1 Å². The minimum Gasteiger partial charge on any atom is -0.465 e. The molecule has 0 saturated heterocycles. The number of anilines is 3. The predicted molar refractivity (Wildman–Crippen MR) is 113 cm³/mol. The molecule has 0 aliphatic heterocycles. The molecule has 0 saturated carbocycles. The van der Waals surface area contributed by atoms with Crippen LogP contribution in [-0.2, 0) is 4.74 Å². The highest BCUT2D eigenvalue weighted by Crippen LogP contribution is 2.36. The van der Waals surface area contributed by atoms with Crippen LogP contribution in [0, 0.1) is 13.8 Å². The highest BCUT2D eigenvalue weighted by molar-refractivity contribution is 6.32. The molecule has 0 bridgehead atoms. The molecule has 7 nitrogen and oxygen atoms in total. The van der Waals surface area contributed by atoms with Crippen molar-refractivity contribution in [1.29, 1.82) is 0 Å². The van der Waals surface area contributed by atoms with E-state index in [0.717, 1.165) is 11.1 Å². The highest BCUT2D eigenvalue weighted by atomic mass is 35.5. The van der Waals surface area contributed by atoms with Crippen molar-refractivity contribution >= 4 is 34.8 Å². The van der Waals surface area contributed by atoms with Gasteiger partial charge in [0.2, 0.25) is 5.88 Å². The van der Waals surface area contributed by atoms with Gasteiger partial charge in [-0.15, -0.1) is 0 Å². The molecule has 1 aromatic heterocycles. The molecule has 1 heterocycles. The van der Waals surface area contributed by atoms with E-state index in [4.69, 9.17) is 26.8 Å². The third-order valence-electron chi connectivity index (χ3n) is 4.44. The number of ether oxygens (including phenoxy) is 2. The van der Waals surface area contributed by atoms with Crippen LogP contribution in [-0.4, -0.2) is 30.1 Å². The van der Waals surface area contributed by atoms with Gasteiger partial charge >= 0.3 is 5.97 Å². The van der Waals surface area contributed by atoms with Crippen molar-refractivity contribution in [1.82, 2.24) is 9.97 Å². The zero-order valence-electron chi connectivity index (χ0n) is 16.6. The van der Waals surface area contributed by atoms with Crippen LogP contribution < -0.4 is 15.4 Å². The van der Waals surface area contributed by atoms with E-state index in [1.165, 1.54) is 13.4 Å². The van der Waals surface area contributed by atoms with Gasteiger partial charge in [-0.05, 0) is 49.2 Å². The minimum atomic E-state index is -0.455. The van der Waals surface area contributed by atoms with Crippen molar-refractivity contribution in [3.8, 4) is 11.6 Å². The summed E-state index contributed by atoms with van der Waals surface area (Å²) in [5.41, 5.74) is 9.29. The van der Waals surface area contributed by atoms with Crippen LogP contribution >= 0.6 is 11.6 Å². The lowest BCUT2D eigenvalue weighted by Gasteiger charge is -2.22. The van der Waals surface area contributed by atoms with Gasteiger partial charge in [0.15, 0.2) is 5.82 Å². The fourth-order valence-corrected chi connectivity index (χ4v) is 3.07. The highest BCUT2D eigenvalue weighted by Gasteiger charge is 2.20. The number of hydrogen-bond acceptors (Lipinski definition) is 7. The van der Waals surface area contributed by atoms with Gasteiger partial charge in [-0.1, -0.05) is 23.7 Å². The zero-order valence-corrected chi connectivity index (χ0v) is 17.3.